The number of rotatable bonds is 7. The average Bonchev–Trinajstić information content (AvgIpc) is 3.04. The van der Waals surface area contributed by atoms with Gasteiger partial charge in [0.25, 0.3) is 5.69 Å². The summed E-state index contributed by atoms with van der Waals surface area (Å²) in [5.41, 5.74) is 2.04. The predicted molar refractivity (Wildman–Crippen MR) is 98.4 cm³/mol. The van der Waals surface area contributed by atoms with E-state index in [2.05, 4.69) is 10.3 Å². The molecule has 0 aliphatic carbocycles. The molecule has 0 fully saturated rings. The normalized spacial score (nSPS) is 10.8. The second-order valence-corrected chi connectivity index (χ2v) is 6.17. The molecule has 2 aromatic carbocycles. The van der Waals surface area contributed by atoms with E-state index in [1.165, 1.54) is 17.4 Å². The van der Waals surface area contributed by atoms with Gasteiger partial charge >= 0.3 is 0 Å². The molecule has 0 aliphatic heterocycles. The molecule has 3 aromatic rings. The van der Waals surface area contributed by atoms with Crippen LogP contribution in [0.5, 0.6) is 5.75 Å². The van der Waals surface area contributed by atoms with Crippen LogP contribution in [0.2, 0.25) is 0 Å². The van der Waals surface area contributed by atoms with Crippen LogP contribution >= 0.6 is 11.3 Å². The van der Waals surface area contributed by atoms with Crippen molar-refractivity contribution in [3.8, 4) is 16.3 Å². The van der Waals surface area contributed by atoms with Gasteiger partial charge < -0.3 is 14.8 Å². The van der Waals surface area contributed by atoms with Crippen LogP contribution in [0.3, 0.4) is 0 Å². The molecule has 0 atom stereocenters. The zero-order chi connectivity index (χ0) is 17.8. The van der Waals surface area contributed by atoms with Crippen LogP contribution in [-0.4, -0.2) is 30.4 Å². The van der Waals surface area contributed by atoms with E-state index in [1.807, 2.05) is 31.2 Å². The maximum atomic E-state index is 11.2. The molecule has 3 rings (SSSR count). The Labute approximate surface area is 148 Å². The molecule has 0 bridgehead atoms. The van der Waals surface area contributed by atoms with Gasteiger partial charge in [-0.25, -0.2) is 4.98 Å². The minimum Gasteiger partial charge on any atom is -0.468 e. The Balaban J connectivity index is 1.93. The minimum atomic E-state index is -0.400. The Bertz CT molecular complexity index is 910. The zero-order valence-electron chi connectivity index (χ0n) is 13.8. The minimum absolute atomic E-state index is 0.0278. The molecule has 130 valence electrons. The van der Waals surface area contributed by atoms with Gasteiger partial charge in [0.1, 0.15) is 16.4 Å². The SMILES string of the molecule is CCOCOc1ccc2nc(-c3ccc(NC)c([N+](=O)[O-])c3)sc2c1. The number of nitrogens with one attached hydrogen (secondary N) is 1. The molecule has 0 saturated carbocycles. The quantitative estimate of drug-likeness (QED) is 0.293. The lowest BCUT2D eigenvalue weighted by Gasteiger charge is -2.04. The molecule has 1 heterocycles. The average molecular weight is 359 g/mol. The van der Waals surface area contributed by atoms with E-state index >= 15 is 0 Å². The highest BCUT2D eigenvalue weighted by Crippen LogP contribution is 2.35. The second-order valence-electron chi connectivity index (χ2n) is 5.14. The first-order valence-corrected chi connectivity index (χ1v) is 8.51. The van der Waals surface area contributed by atoms with Crippen LogP contribution in [0.25, 0.3) is 20.8 Å². The summed E-state index contributed by atoms with van der Waals surface area (Å²) >= 11 is 1.46. The topological polar surface area (TPSA) is 86.5 Å². The third-order valence-electron chi connectivity index (χ3n) is 3.58. The summed E-state index contributed by atoms with van der Waals surface area (Å²) in [6, 6.07) is 10.6. The van der Waals surface area contributed by atoms with Gasteiger partial charge in [-0.2, -0.15) is 0 Å². The number of ether oxygens (including phenoxy) is 2. The lowest BCUT2D eigenvalue weighted by atomic mass is 10.2. The van der Waals surface area contributed by atoms with Crippen molar-refractivity contribution in [2.45, 2.75) is 6.92 Å². The zero-order valence-corrected chi connectivity index (χ0v) is 14.6. The summed E-state index contributed by atoms with van der Waals surface area (Å²) in [6.07, 6.45) is 0. The maximum Gasteiger partial charge on any atom is 0.293 e. The van der Waals surface area contributed by atoms with Gasteiger partial charge in [-0.3, -0.25) is 10.1 Å². The fourth-order valence-corrected chi connectivity index (χ4v) is 3.33. The predicted octanol–water partition coefficient (Wildman–Crippen LogP) is 4.29. The number of nitro groups is 1. The van der Waals surface area contributed by atoms with Gasteiger partial charge in [-0.1, -0.05) is 0 Å². The van der Waals surface area contributed by atoms with Crippen molar-refractivity contribution >= 4 is 32.9 Å². The Morgan fingerprint density at radius 2 is 2.12 bits per heavy atom. The number of hydrogen-bond acceptors (Lipinski definition) is 7. The molecule has 0 unspecified atom stereocenters. The van der Waals surface area contributed by atoms with Crippen molar-refractivity contribution in [2.24, 2.45) is 0 Å². The molecule has 0 spiro atoms. The lowest BCUT2D eigenvalue weighted by molar-refractivity contribution is -0.383. The molecular formula is C17H17N3O4S. The van der Waals surface area contributed by atoms with Gasteiger partial charge in [-0.05, 0) is 37.3 Å². The third-order valence-corrected chi connectivity index (χ3v) is 4.65. The summed E-state index contributed by atoms with van der Waals surface area (Å²) in [6.45, 7) is 2.69. The first-order valence-electron chi connectivity index (χ1n) is 7.70. The number of benzene rings is 2. The molecule has 8 heteroatoms. The number of nitrogens with zero attached hydrogens (tertiary/aromatic N) is 2. The number of fused-ring (bicyclic) bond motifs is 1. The van der Waals surface area contributed by atoms with E-state index in [0.717, 1.165) is 15.2 Å². The van der Waals surface area contributed by atoms with Gasteiger partial charge in [0.05, 0.1) is 15.1 Å². The Morgan fingerprint density at radius 3 is 2.84 bits per heavy atom. The molecular weight excluding hydrogens is 342 g/mol. The molecule has 7 nitrogen and oxygen atoms in total. The summed E-state index contributed by atoms with van der Waals surface area (Å²) in [7, 11) is 1.66. The monoisotopic (exact) mass is 359 g/mol. The van der Waals surface area contributed by atoms with Crippen LogP contribution < -0.4 is 10.1 Å². The number of hydrogen-bond donors (Lipinski definition) is 1. The molecule has 0 radical (unpaired) electrons. The van der Waals surface area contributed by atoms with Gasteiger partial charge in [0.15, 0.2) is 6.79 Å². The summed E-state index contributed by atoms with van der Waals surface area (Å²) < 4.78 is 11.6. The van der Waals surface area contributed by atoms with Crippen LogP contribution in [0, 0.1) is 10.1 Å². The Kier molecular flexibility index (Phi) is 5.11. The van der Waals surface area contributed by atoms with Gasteiger partial charge in [0, 0.05) is 25.3 Å². The van der Waals surface area contributed by atoms with Gasteiger partial charge in [-0.15, -0.1) is 11.3 Å². The van der Waals surface area contributed by atoms with Crippen LogP contribution in [0.15, 0.2) is 36.4 Å². The highest BCUT2D eigenvalue weighted by Gasteiger charge is 2.16. The van der Waals surface area contributed by atoms with Gasteiger partial charge in [0.2, 0.25) is 0 Å². The largest absolute Gasteiger partial charge is 0.468 e. The number of thiazole rings is 1. The smallest absolute Gasteiger partial charge is 0.293 e. The second kappa shape index (κ2) is 7.45. The van der Waals surface area contributed by atoms with E-state index in [0.29, 0.717) is 23.6 Å². The lowest BCUT2D eigenvalue weighted by Crippen LogP contribution is -2.01. The first kappa shape index (κ1) is 17.1. The Morgan fingerprint density at radius 1 is 1.28 bits per heavy atom. The number of aromatic nitrogens is 1. The van der Waals surface area contributed by atoms with Crippen molar-refractivity contribution in [3.63, 3.8) is 0 Å². The number of anilines is 1. The molecule has 25 heavy (non-hydrogen) atoms. The summed E-state index contributed by atoms with van der Waals surface area (Å²) in [4.78, 5) is 15.4. The Hall–Kier alpha value is -2.71. The summed E-state index contributed by atoms with van der Waals surface area (Å²) in [5, 5.41) is 14.8. The molecule has 1 aromatic heterocycles. The van der Waals surface area contributed by atoms with Crippen LogP contribution in [0.1, 0.15) is 6.92 Å². The van der Waals surface area contributed by atoms with E-state index in [9.17, 15) is 10.1 Å². The van der Waals surface area contributed by atoms with Crippen molar-refractivity contribution in [2.75, 3.05) is 25.8 Å². The standard InChI is InChI=1S/C17H17N3O4S/c1-3-23-10-24-12-5-7-14-16(9-12)25-17(19-14)11-4-6-13(18-2)15(8-11)20(21)22/h4-9,18H,3,10H2,1-2H3. The van der Waals surface area contributed by atoms with E-state index in [-0.39, 0.29) is 12.5 Å². The van der Waals surface area contributed by atoms with E-state index in [4.69, 9.17) is 9.47 Å². The first-order chi connectivity index (χ1) is 12.1. The molecule has 0 aliphatic rings. The third kappa shape index (κ3) is 3.70. The fourth-order valence-electron chi connectivity index (χ4n) is 2.34. The summed E-state index contributed by atoms with van der Waals surface area (Å²) in [5.74, 6) is 0.702. The molecule has 1 N–H and O–H groups in total. The fraction of sp³-hybridized carbons (Fsp3) is 0.235. The van der Waals surface area contributed by atoms with Crippen molar-refractivity contribution in [1.82, 2.24) is 4.98 Å². The molecule has 0 amide bonds. The van der Waals surface area contributed by atoms with E-state index in [1.54, 1.807) is 13.1 Å². The highest BCUT2D eigenvalue weighted by atomic mass is 32.1. The van der Waals surface area contributed by atoms with Crippen molar-refractivity contribution < 1.29 is 14.4 Å². The van der Waals surface area contributed by atoms with Crippen molar-refractivity contribution in [3.05, 3.63) is 46.5 Å². The van der Waals surface area contributed by atoms with Crippen LogP contribution in [-0.2, 0) is 4.74 Å². The van der Waals surface area contributed by atoms with Crippen LogP contribution in [0.4, 0.5) is 11.4 Å². The van der Waals surface area contributed by atoms with Crippen molar-refractivity contribution in [1.29, 1.82) is 0 Å². The van der Waals surface area contributed by atoms with E-state index < -0.39 is 4.92 Å². The highest BCUT2D eigenvalue weighted by molar-refractivity contribution is 7.21. The molecule has 0 saturated heterocycles. The maximum absolute atomic E-state index is 11.2. The number of nitro benzene ring substituents is 1.